The molecule has 2 aliphatic rings. The van der Waals surface area contributed by atoms with E-state index in [1.54, 1.807) is 16.9 Å². The molecule has 0 amide bonds. The summed E-state index contributed by atoms with van der Waals surface area (Å²) in [5.74, 6) is 0. The molecule has 2 unspecified atom stereocenters. The van der Waals surface area contributed by atoms with Crippen molar-refractivity contribution in [1.29, 1.82) is 0 Å². The molecule has 19 heavy (non-hydrogen) atoms. The maximum Gasteiger partial charge on any atom is 0.154 e. The van der Waals surface area contributed by atoms with E-state index in [1.165, 1.54) is 0 Å². The van der Waals surface area contributed by atoms with E-state index in [9.17, 15) is 5.11 Å². The summed E-state index contributed by atoms with van der Waals surface area (Å²) < 4.78 is 7.23. The topological polar surface area (TPSA) is 71.7 Å². The number of aromatic nitrogens is 3. The number of hydrogen-bond donors (Lipinski definition) is 2. The smallest absolute Gasteiger partial charge is 0.154 e. The van der Waals surface area contributed by atoms with Crippen molar-refractivity contribution in [3.63, 3.8) is 0 Å². The van der Waals surface area contributed by atoms with Crippen molar-refractivity contribution in [3.8, 4) is 0 Å². The second-order valence-electron chi connectivity index (χ2n) is 5.51. The molecule has 2 fully saturated rings. The van der Waals surface area contributed by atoms with Crippen LogP contribution in [0.4, 0.5) is 0 Å². The fourth-order valence-corrected chi connectivity index (χ4v) is 3.20. The Labute approximate surface area is 110 Å². The van der Waals surface area contributed by atoms with E-state index in [1.807, 2.05) is 12.3 Å². The van der Waals surface area contributed by atoms with Crippen molar-refractivity contribution in [2.75, 3.05) is 13.2 Å². The SMILES string of the molecule is OC1(c2cnc3ccnn3c2)CC2COCC(C1)N2. The van der Waals surface area contributed by atoms with Gasteiger partial charge in [0, 0.05) is 36.1 Å². The van der Waals surface area contributed by atoms with Crippen LogP contribution in [0.5, 0.6) is 0 Å². The molecule has 0 aromatic carbocycles. The van der Waals surface area contributed by atoms with Crippen LogP contribution in [-0.4, -0.2) is 45.0 Å². The van der Waals surface area contributed by atoms with E-state index in [0.717, 1.165) is 11.2 Å². The molecule has 2 saturated heterocycles. The molecule has 0 spiro atoms. The molecule has 4 rings (SSSR count). The zero-order valence-electron chi connectivity index (χ0n) is 10.5. The summed E-state index contributed by atoms with van der Waals surface area (Å²) in [6.07, 6.45) is 6.65. The lowest BCUT2D eigenvalue weighted by atomic mass is 9.79. The summed E-state index contributed by atoms with van der Waals surface area (Å²) in [6, 6.07) is 2.27. The van der Waals surface area contributed by atoms with Crippen LogP contribution in [-0.2, 0) is 10.3 Å². The maximum atomic E-state index is 11.0. The summed E-state index contributed by atoms with van der Waals surface area (Å²) >= 11 is 0. The number of aliphatic hydroxyl groups is 1. The third-order valence-electron chi connectivity index (χ3n) is 4.06. The Balaban J connectivity index is 1.72. The zero-order valence-corrected chi connectivity index (χ0v) is 10.5. The highest BCUT2D eigenvalue weighted by molar-refractivity contribution is 5.37. The van der Waals surface area contributed by atoms with Gasteiger partial charge in [-0.05, 0) is 12.8 Å². The highest BCUT2D eigenvalue weighted by Crippen LogP contribution is 2.36. The normalized spacial score (nSPS) is 34.6. The van der Waals surface area contributed by atoms with Crippen LogP contribution in [0.25, 0.3) is 5.65 Å². The maximum absolute atomic E-state index is 11.0. The zero-order chi connectivity index (χ0) is 12.9. The molecule has 6 heteroatoms. The molecule has 0 radical (unpaired) electrons. The number of nitrogens with one attached hydrogen (secondary N) is 1. The fraction of sp³-hybridized carbons (Fsp3) is 0.538. The van der Waals surface area contributed by atoms with E-state index >= 15 is 0 Å². The largest absolute Gasteiger partial charge is 0.385 e. The predicted octanol–water partition coefficient (Wildman–Crippen LogP) is 0.0677. The Hall–Kier alpha value is -1.50. The molecule has 4 heterocycles. The lowest BCUT2D eigenvalue weighted by Gasteiger charge is -2.44. The number of rotatable bonds is 1. The van der Waals surface area contributed by atoms with Gasteiger partial charge in [-0.25, -0.2) is 9.50 Å². The van der Waals surface area contributed by atoms with E-state index in [0.29, 0.717) is 26.1 Å². The van der Waals surface area contributed by atoms with Crippen molar-refractivity contribution < 1.29 is 9.84 Å². The Morgan fingerprint density at radius 1 is 1.37 bits per heavy atom. The average Bonchev–Trinajstić information content (AvgIpc) is 2.85. The van der Waals surface area contributed by atoms with Crippen molar-refractivity contribution in [1.82, 2.24) is 19.9 Å². The van der Waals surface area contributed by atoms with Crippen LogP contribution in [0.3, 0.4) is 0 Å². The number of morpholine rings is 1. The van der Waals surface area contributed by atoms with Gasteiger partial charge < -0.3 is 15.2 Å². The van der Waals surface area contributed by atoms with E-state index in [2.05, 4.69) is 15.4 Å². The Kier molecular flexibility index (Phi) is 2.38. The number of hydrogen-bond acceptors (Lipinski definition) is 5. The third kappa shape index (κ3) is 1.83. The van der Waals surface area contributed by atoms with Gasteiger partial charge in [-0.2, -0.15) is 5.10 Å². The highest BCUT2D eigenvalue weighted by Gasteiger charge is 2.42. The number of piperidine rings is 1. The Morgan fingerprint density at radius 3 is 2.95 bits per heavy atom. The van der Waals surface area contributed by atoms with Gasteiger partial charge in [0.1, 0.15) is 0 Å². The standard InChI is InChI=1S/C13H16N4O2/c18-13(3-10-7-19-8-11(4-13)16-10)9-5-14-12-1-2-15-17(12)6-9/h1-2,5-6,10-11,16,18H,3-4,7-8H2. The van der Waals surface area contributed by atoms with Gasteiger partial charge in [0.15, 0.2) is 5.65 Å². The second-order valence-corrected chi connectivity index (χ2v) is 5.51. The van der Waals surface area contributed by atoms with Crippen LogP contribution in [0.15, 0.2) is 24.7 Å². The molecule has 0 saturated carbocycles. The highest BCUT2D eigenvalue weighted by atomic mass is 16.5. The first-order valence-electron chi connectivity index (χ1n) is 6.59. The number of nitrogens with zero attached hydrogens (tertiary/aromatic N) is 3. The van der Waals surface area contributed by atoms with E-state index in [4.69, 9.17) is 4.74 Å². The molecule has 2 aromatic rings. The monoisotopic (exact) mass is 260 g/mol. The first-order chi connectivity index (χ1) is 9.23. The third-order valence-corrected chi connectivity index (χ3v) is 4.06. The predicted molar refractivity (Wildman–Crippen MR) is 67.6 cm³/mol. The van der Waals surface area contributed by atoms with Crippen LogP contribution in [0.1, 0.15) is 18.4 Å². The first kappa shape index (κ1) is 11.3. The van der Waals surface area contributed by atoms with Gasteiger partial charge in [-0.15, -0.1) is 0 Å². The minimum Gasteiger partial charge on any atom is -0.385 e. The lowest BCUT2D eigenvalue weighted by molar-refractivity contribution is -0.0805. The summed E-state index contributed by atoms with van der Waals surface area (Å²) in [6.45, 7) is 1.33. The molecular weight excluding hydrogens is 244 g/mol. The minimum atomic E-state index is -0.836. The van der Waals surface area contributed by atoms with Crippen molar-refractivity contribution >= 4 is 5.65 Å². The van der Waals surface area contributed by atoms with Crippen LogP contribution in [0, 0.1) is 0 Å². The average molecular weight is 260 g/mol. The van der Waals surface area contributed by atoms with E-state index in [-0.39, 0.29) is 12.1 Å². The summed E-state index contributed by atoms with van der Waals surface area (Å²) in [5.41, 5.74) is 0.796. The summed E-state index contributed by atoms with van der Waals surface area (Å²) in [5, 5.41) is 18.6. The van der Waals surface area contributed by atoms with Gasteiger partial charge in [0.25, 0.3) is 0 Å². The minimum absolute atomic E-state index is 0.214. The van der Waals surface area contributed by atoms with Gasteiger partial charge in [-0.1, -0.05) is 0 Å². The molecule has 2 aromatic heterocycles. The molecular formula is C13H16N4O2. The van der Waals surface area contributed by atoms with Crippen LogP contribution in [0.2, 0.25) is 0 Å². The van der Waals surface area contributed by atoms with Gasteiger partial charge in [-0.3, -0.25) is 0 Å². The lowest BCUT2D eigenvalue weighted by Crippen LogP contribution is -2.58. The molecule has 2 N–H and O–H groups in total. The molecule has 100 valence electrons. The Bertz CT molecular complexity index is 599. The van der Waals surface area contributed by atoms with Crippen LogP contribution >= 0.6 is 0 Å². The number of fused-ring (bicyclic) bond motifs is 3. The van der Waals surface area contributed by atoms with Gasteiger partial charge in [0.2, 0.25) is 0 Å². The molecule has 2 atom stereocenters. The molecule has 2 bridgehead atoms. The second kappa shape index (κ2) is 4.00. The summed E-state index contributed by atoms with van der Waals surface area (Å²) in [4.78, 5) is 4.34. The van der Waals surface area contributed by atoms with E-state index < -0.39 is 5.60 Å². The molecule has 6 nitrogen and oxygen atoms in total. The number of ether oxygens (including phenoxy) is 1. The summed E-state index contributed by atoms with van der Waals surface area (Å²) in [7, 11) is 0. The van der Waals surface area contributed by atoms with Crippen molar-refractivity contribution in [3.05, 3.63) is 30.2 Å². The van der Waals surface area contributed by atoms with Crippen molar-refractivity contribution in [2.24, 2.45) is 0 Å². The van der Waals surface area contributed by atoms with Gasteiger partial charge >= 0.3 is 0 Å². The van der Waals surface area contributed by atoms with Crippen molar-refractivity contribution in [2.45, 2.75) is 30.5 Å². The van der Waals surface area contributed by atoms with Crippen LogP contribution < -0.4 is 5.32 Å². The quantitative estimate of drug-likeness (QED) is 0.759. The molecule has 0 aliphatic carbocycles. The first-order valence-corrected chi connectivity index (χ1v) is 6.59. The van der Waals surface area contributed by atoms with Gasteiger partial charge in [0.05, 0.1) is 25.0 Å². The molecule has 2 aliphatic heterocycles. The Morgan fingerprint density at radius 2 is 2.16 bits per heavy atom. The fourth-order valence-electron chi connectivity index (χ4n) is 3.20.